The maximum absolute atomic E-state index is 10.9. The third-order valence-corrected chi connectivity index (χ3v) is 4.81. The number of fused-ring (bicyclic) bond motifs is 1. The van der Waals surface area contributed by atoms with Crippen molar-refractivity contribution in [2.45, 2.75) is 43.9 Å². The lowest BCUT2D eigenvalue weighted by Crippen LogP contribution is -2.33. The molecule has 28 heavy (non-hydrogen) atoms. The van der Waals surface area contributed by atoms with Crippen LogP contribution >= 0.6 is 7.82 Å². The molecule has 3 rings (SSSR count). The lowest BCUT2D eigenvalue weighted by Gasteiger charge is -2.22. The SMILES string of the molecule is C=CC(C)(C)Nc1ncnc2c1ncn2[C@@H]1O[C@H](COP(=O)(O)O)[C@@H](O)[C@H]1O. The zero-order valence-electron chi connectivity index (χ0n) is 15.2. The number of ether oxygens (including phenoxy) is 1. The van der Waals surface area contributed by atoms with Crippen LogP contribution < -0.4 is 5.32 Å². The molecule has 2 aromatic heterocycles. The number of phosphoric acid groups is 1. The number of imidazole rings is 1. The van der Waals surface area contributed by atoms with Crippen molar-refractivity contribution in [2.24, 2.45) is 0 Å². The molecule has 4 atom stereocenters. The van der Waals surface area contributed by atoms with Gasteiger partial charge in [0.2, 0.25) is 0 Å². The highest BCUT2D eigenvalue weighted by atomic mass is 31.2. The molecule has 0 aromatic carbocycles. The zero-order chi connectivity index (χ0) is 20.7. The van der Waals surface area contributed by atoms with Crippen molar-refractivity contribution in [3.05, 3.63) is 25.3 Å². The first-order chi connectivity index (χ1) is 13.0. The largest absolute Gasteiger partial charge is 0.469 e. The normalized spacial score (nSPS) is 25.9. The summed E-state index contributed by atoms with van der Waals surface area (Å²) in [5, 5.41) is 23.7. The van der Waals surface area contributed by atoms with Gasteiger partial charge in [0.15, 0.2) is 23.2 Å². The molecule has 12 nitrogen and oxygen atoms in total. The van der Waals surface area contributed by atoms with E-state index in [1.54, 1.807) is 6.08 Å². The van der Waals surface area contributed by atoms with Crippen LogP contribution in [0.15, 0.2) is 25.3 Å². The standard InChI is InChI=1S/C15H22N5O7P/c1-4-15(2,3)19-12-9-13(17-6-16-12)20(7-18-9)14-11(22)10(21)8(27-14)5-26-28(23,24)25/h4,6-8,10-11,14,21-22H,1,5H2,2-3H3,(H,16,17,19)(H2,23,24,25)/t8-,10-,11-,14-/m1/s1. The number of rotatable bonds is 7. The molecule has 0 spiro atoms. The van der Waals surface area contributed by atoms with Crippen LogP contribution in [0.3, 0.4) is 0 Å². The van der Waals surface area contributed by atoms with Gasteiger partial charge in [-0.3, -0.25) is 9.09 Å². The summed E-state index contributed by atoms with van der Waals surface area (Å²) in [6.45, 7) is 6.96. The zero-order valence-corrected chi connectivity index (χ0v) is 16.1. The van der Waals surface area contributed by atoms with Crippen molar-refractivity contribution in [2.75, 3.05) is 11.9 Å². The quantitative estimate of drug-likeness (QED) is 0.303. The van der Waals surface area contributed by atoms with Crippen molar-refractivity contribution < 1.29 is 33.8 Å². The number of aromatic nitrogens is 4. The number of nitrogens with one attached hydrogen (secondary N) is 1. The van der Waals surface area contributed by atoms with Gasteiger partial charge < -0.3 is 30.1 Å². The number of anilines is 1. The fourth-order valence-electron chi connectivity index (χ4n) is 2.75. The molecular weight excluding hydrogens is 393 g/mol. The topological polar surface area (TPSA) is 172 Å². The molecule has 0 aliphatic carbocycles. The summed E-state index contributed by atoms with van der Waals surface area (Å²) in [5.74, 6) is 0.447. The predicted octanol–water partition coefficient (Wildman–Crippen LogP) is -0.0687. The van der Waals surface area contributed by atoms with E-state index in [-0.39, 0.29) is 0 Å². The summed E-state index contributed by atoms with van der Waals surface area (Å²) in [4.78, 5) is 30.2. The van der Waals surface area contributed by atoms with Crippen LogP contribution in [-0.2, 0) is 13.8 Å². The third-order valence-electron chi connectivity index (χ3n) is 4.33. The van der Waals surface area contributed by atoms with E-state index < -0.39 is 44.5 Å². The molecule has 0 saturated carbocycles. The van der Waals surface area contributed by atoms with E-state index in [9.17, 15) is 14.8 Å². The Morgan fingerprint density at radius 2 is 2.07 bits per heavy atom. The third kappa shape index (κ3) is 4.23. The predicted molar refractivity (Wildman–Crippen MR) is 97.1 cm³/mol. The van der Waals surface area contributed by atoms with Crippen LogP contribution in [0.25, 0.3) is 11.2 Å². The fourth-order valence-corrected chi connectivity index (χ4v) is 3.09. The Morgan fingerprint density at radius 1 is 1.36 bits per heavy atom. The number of nitrogens with zero attached hydrogens (tertiary/aromatic N) is 4. The van der Waals surface area contributed by atoms with Gasteiger partial charge in [0.05, 0.1) is 18.5 Å². The van der Waals surface area contributed by atoms with Crippen molar-refractivity contribution in [3.63, 3.8) is 0 Å². The molecule has 0 amide bonds. The summed E-state index contributed by atoms with van der Waals surface area (Å²) in [7, 11) is -4.74. The minimum Gasteiger partial charge on any atom is -0.387 e. The molecular formula is C15H22N5O7P. The molecule has 5 N–H and O–H groups in total. The number of aliphatic hydroxyl groups is 2. The van der Waals surface area contributed by atoms with Crippen LogP contribution in [0, 0.1) is 0 Å². The molecule has 0 radical (unpaired) electrons. The highest BCUT2D eigenvalue weighted by Gasteiger charge is 2.45. The van der Waals surface area contributed by atoms with Gasteiger partial charge in [-0.05, 0) is 13.8 Å². The average molecular weight is 415 g/mol. The molecule has 0 bridgehead atoms. The molecule has 13 heteroatoms. The Balaban J connectivity index is 1.88. The van der Waals surface area contributed by atoms with E-state index in [4.69, 9.17) is 14.5 Å². The maximum atomic E-state index is 10.9. The minimum atomic E-state index is -4.74. The van der Waals surface area contributed by atoms with Crippen LogP contribution in [0.2, 0.25) is 0 Å². The lowest BCUT2D eigenvalue weighted by atomic mass is 10.1. The number of phosphoric ester groups is 1. The van der Waals surface area contributed by atoms with E-state index >= 15 is 0 Å². The number of hydrogen-bond donors (Lipinski definition) is 5. The molecule has 1 aliphatic rings. The molecule has 3 heterocycles. The second kappa shape index (κ2) is 7.48. The number of aliphatic hydroxyl groups excluding tert-OH is 2. The first-order valence-corrected chi connectivity index (χ1v) is 9.86. The van der Waals surface area contributed by atoms with Crippen molar-refractivity contribution >= 4 is 24.8 Å². The summed E-state index contributed by atoms with van der Waals surface area (Å²) in [6, 6.07) is 0. The molecule has 154 valence electrons. The van der Waals surface area contributed by atoms with E-state index in [1.165, 1.54) is 17.2 Å². The maximum Gasteiger partial charge on any atom is 0.469 e. The van der Waals surface area contributed by atoms with Gasteiger partial charge in [0, 0.05) is 0 Å². The van der Waals surface area contributed by atoms with Crippen molar-refractivity contribution in [1.82, 2.24) is 19.5 Å². The Hall–Kier alpha value is -1.92. The second-order valence-electron chi connectivity index (χ2n) is 6.93. The van der Waals surface area contributed by atoms with Gasteiger partial charge in [-0.2, -0.15) is 0 Å². The van der Waals surface area contributed by atoms with E-state index in [2.05, 4.69) is 31.4 Å². The van der Waals surface area contributed by atoms with Crippen molar-refractivity contribution in [3.8, 4) is 0 Å². The summed E-state index contributed by atoms with van der Waals surface area (Å²) in [5.41, 5.74) is 0.290. The van der Waals surface area contributed by atoms with Crippen LogP contribution in [-0.4, -0.2) is 70.0 Å². The molecule has 1 fully saturated rings. The Kier molecular flexibility index (Phi) is 5.56. The first-order valence-electron chi connectivity index (χ1n) is 8.33. The Bertz CT molecular complexity index is 913. The van der Waals surface area contributed by atoms with Gasteiger partial charge in [-0.1, -0.05) is 6.08 Å². The molecule has 2 aromatic rings. The Labute approximate surface area is 160 Å². The molecule has 1 aliphatic heterocycles. The van der Waals surface area contributed by atoms with E-state index in [0.717, 1.165) is 0 Å². The minimum absolute atomic E-state index is 0.338. The summed E-state index contributed by atoms with van der Waals surface area (Å²) in [6.07, 6.45) is -0.646. The van der Waals surface area contributed by atoms with Crippen molar-refractivity contribution in [1.29, 1.82) is 0 Å². The monoisotopic (exact) mass is 415 g/mol. The van der Waals surface area contributed by atoms with E-state index in [0.29, 0.717) is 17.0 Å². The summed E-state index contributed by atoms with van der Waals surface area (Å²) < 4.78 is 22.2. The van der Waals surface area contributed by atoms with Gasteiger partial charge >= 0.3 is 7.82 Å². The molecule has 1 saturated heterocycles. The average Bonchev–Trinajstić information content (AvgIpc) is 3.15. The highest BCUT2D eigenvalue weighted by molar-refractivity contribution is 7.46. The van der Waals surface area contributed by atoms with Crippen LogP contribution in [0.4, 0.5) is 5.82 Å². The van der Waals surface area contributed by atoms with Gasteiger partial charge in [0.1, 0.15) is 24.6 Å². The van der Waals surface area contributed by atoms with Crippen LogP contribution in [0.1, 0.15) is 20.1 Å². The second-order valence-corrected chi connectivity index (χ2v) is 8.17. The Morgan fingerprint density at radius 3 is 2.71 bits per heavy atom. The fraction of sp³-hybridized carbons (Fsp3) is 0.533. The smallest absolute Gasteiger partial charge is 0.387 e. The number of hydrogen-bond acceptors (Lipinski definition) is 9. The van der Waals surface area contributed by atoms with Gasteiger partial charge in [-0.15, -0.1) is 6.58 Å². The van der Waals surface area contributed by atoms with Crippen LogP contribution in [0.5, 0.6) is 0 Å². The lowest BCUT2D eigenvalue weighted by molar-refractivity contribution is -0.0504. The first kappa shape index (κ1) is 20.8. The molecule has 0 unspecified atom stereocenters. The van der Waals surface area contributed by atoms with E-state index in [1.807, 2.05) is 13.8 Å². The van der Waals surface area contributed by atoms with Gasteiger partial charge in [0.25, 0.3) is 0 Å². The highest BCUT2D eigenvalue weighted by Crippen LogP contribution is 2.39. The summed E-state index contributed by atoms with van der Waals surface area (Å²) >= 11 is 0. The van der Waals surface area contributed by atoms with Gasteiger partial charge in [-0.25, -0.2) is 19.5 Å².